The molecule has 102 valence electrons. The third kappa shape index (κ3) is 4.19. The van der Waals surface area contributed by atoms with Gasteiger partial charge in [0.1, 0.15) is 5.75 Å². The molecule has 0 aliphatic rings. The molecule has 0 fully saturated rings. The van der Waals surface area contributed by atoms with E-state index >= 15 is 0 Å². The van der Waals surface area contributed by atoms with Gasteiger partial charge in [0.05, 0.1) is 19.8 Å². The highest BCUT2D eigenvalue weighted by Crippen LogP contribution is 2.24. The maximum atomic E-state index is 12.2. The first-order chi connectivity index (χ1) is 8.34. The molecule has 0 saturated heterocycles. The number of aliphatic hydroxyl groups is 1. The van der Waals surface area contributed by atoms with Crippen LogP contribution in [0, 0.1) is 0 Å². The number of methoxy groups -OCH3 is 1. The van der Waals surface area contributed by atoms with Crippen molar-refractivity contribution in [1.29, 1.82) is 0 Å². The van der Waals surface area contributed by atoms with Crippen molar-refractivity contribution in [3.8, 4) is 5.75 Å². The van der Waals surface area contributed by atoms with Crippen LogP contribution in [-0.2, 0) is 11.3 Å². The highest BCUT2D eigenvalue weighted by molar-refractivity contribution is 5.26. The fraction of sp³-hybridized carbons (Fsp3) is 0.500. The van der Waals surface area contributed by atoms with Crippen molar-refractivity contribution in [2.24, 2.45) is 0 Å². The van der Waals surface area contributed by atoms with Gasteiger partial charge < -0.3 is 14.6 Å². The largest absolute Gasteiger partial charge is 0.497 e. The summed E-state index contributed by atoms with van der Waals surface area (Å²) in [6, 6.07) is 6.74. The Morgan fingerprint density at radius 2 is 1.78 bits per heavy atom. The standard InChI is InChI=1S/C12H15F3O3/c1-8(11(16)12(13,14)15)18-7-9-3-5-10(17-2)6-4-9/h3-6,8,11,16H,7H2,1-2H3/t8-,11-/m0/s1. The number of rotatable bonds is 5. The first-order valence-electron chi connectivity index (χ1n) is 5.34. The third-order valence-corrected chi connectivity index (χ3v) is 2.45. The minimum absolute atomic E-state index is 0.00169. The highest BCUT2D eigenvalue weighted by atomic mass is 19.4. The van der Waals surface area contributed by atoms with E-state index in [2.05, 4.69) is 0 Å². The van der Waals surface area contributed by atoms with Crippen LogP contribution >= 0.6 is 0 Å². The van der Waals surface area contributed by atoms with E-state index in [0.29, 0.717) is 11.3 Å². The lowest BCUT2D eigenvalue weighted by Gasteiger charge is -2.21. The van der Waals surface area contributed by atoms with Crippen LogP contribution in [0.2, 0.25) is 0 Å². The third-order valence-electron chi connectivity index (χ3n) is 2.45. The van der Waals surface area contributed by atoms with Crippen LogP contribution in [0.1, 0.15) is 12.5 Å². The van der Waals surface area contributed by atoms with E-state index in [-0.39, 0.29) is 6.61 Å². The van der Waals surface area contributed by atoms with E-state index in [0.717, 1.165) is 0 Å². The predicted octanol–water partition coefficient (Wildman–Crippen LogP) is 2.52. The Labute approximate surface area is 103 Å². The molecule has 1 aromatic carbocycles. The molecule has 0 heterocycles. The van der Waals surface area contributed by atoms with Gasteiger partial charge in [0, 0.05) is 0 Å². The number of halogens is 3. The first kappa shape index (κ1) is 14.8. The minimum atomic E-state index is -4.67. The summed E-state index contributed by atoms with van der Waals surface area (Å²) in [4.78, 5) is 0. The van der Waals surface area contributed by atoms with Gasteiger partial charge in [-0.25, -0.2) is 0 Å². The second kappa shape index (κ2) is 6.06. The SMILES string of the molecule is COc1ccc(CO[C@@H](C)[C@H](O)C(F)(F)F)cc1. The number of ether oxygens (including phenoxy) is 2. The Hall–Kier alpha value is -1.27. The van der Waals surface area contributed by atoms with Crippen molar-refractivity contribution < 1.29 is 27.8 Å². The van der Waals surface area contributed by atoms with E-state index in [4.69, 9.17) is 14.6 Å². The molecule has 0 bridgehead atoms. The average Bonchev–Trinajstić information content (AvgIpc) is 2.34. The maximum absolute atomic E-state index is 12.2. The lowest BCUT2D eigenvalue weighted by Crippen LogP contribution is -2.39. The quantitative estimate of drug-likeness (QED) is 0.888. The molecule has 0 saturated carbocycles. The van der Waals surface area contributed by atoms with Crippen molar-refractivity contribution in [2.45, 2.75) is 31.9 Å². The van der Waals surface area contributed by atoms with Gasteiger partial charge in [-0.05, 0) is 24.6 Å². The molecule has 0 amide bonds. The van der Waals surface area contributed by atoms with Crippen molar-refractivity contribution in [1.82, 2.24) is 0 Å². The van der Waals surface area contributed by atoms with Gasteiger partial charge in [-0.1, -0.05) is 12.1 Å². The molecular formula is C12H15F3O3. The van der Waals surface area contributed by atoms with E-state index in [1.54, 1.807) is 24.3 Å². The lowest BCUT2D eigenvalue weighted by molar-refractivity contribution is -0.235. The normalized spacial score (nSPS) is 15.2. The number of hydrogen-bond acceptors (Lipinski definition) is 3. The zero-order chi connectivity index (χ0) is 13.8. The van der Waals surface area contributed by atoms with E-state index in [1.807, 2.05) is 0 Å². The summed E-state index contributed by atoms with van der Waals surface area (Å²) in [7, 11) is 1.52. The number of aliphatic hydroxyl groups excluding tert-OH is 1. The fourth-order valence-corrected chi connectivity index (χ4v) is 1.31. The smallest absolute Gasteiger partial charge is 0.416 e. The number of hydrogen-bond donors (Lipinski definition) is 1. The Morgan fingerprint density at radius 3 is 2.22 bits per heavy atom. The summed E-state index contributed by atoms with van der Waals surface area (Å²) in [5.74, 6) is 0.655. The monoisotopic (exact) mass is 264 g/mol. The van der Waals surface area contributed by atoms with Gasteiger partial charge in [0.15, 0.2) is 6.10 Å². The molecule has 0 unspecified atom stereocenters. The second-order valence-corrected chi connectivity index (χ2v) is 3.85. The highest BCUT2D eigenvalue weighted by Gasteiger charge is 2.42. The van der Waals surface area contributed by atoms with Crippen LogP contribution in [0.5, 0.6) is 5.75 Å². The minimum Gasteiger partial charge on any atom is -0.497 e. The molecule has 18 heavy (non-hydrogen) atoms. The molecule has 6 heteroatoms. The molecular weight excluding hydrogens is 249 g/mol. The summed E-state index contributed by atoms with van der Waals surface area (Å²) in [5.41, 5.74) is 0.706. The molecule has 1 rings (SSSR count). The topological polar surface area (TPSA) is 38.7 Å². The Kier molecular flexibility index (Phi) is 4.98. The summed E-state index contributed by atoms with van der Waals surface area (Å²) >= 11 is 0. The molecule has 0 aromatic heterocycles. The number of benzene rings is 1. The van der Waals surface area contributed by atoms with Crippen molar-refractivity contribution in [3.63, 3.8) is 0 Å². The van der Waals surface area contributed by atoms with Crippen molar-refractivity contribution in [2.75, 3.05) is 7.11 Å². The van der Waals surface area contributed by atoms with Gasteiger partial charge in [-0.15, -0.1) is 0 Å². The Balaban J connectivity index is 2.49. The predicted molar refractivity (Wildman–Crippen MR) is 59.3 cm³/mol. The zero-order valence-electron chi connectivity index (χ0n) is 10.1. The summed E-state index contributed by atoms with van der Waals surface area (Å²) in [6.45, 7) is 1.18. The van der Waals surface area contributed by atoms with Crippen LogP contribution in [0.15, 0.2) is 24.3 Å². The van der Waals surface area contributed by atoms with E-state index < -0.39 is 18.4 Å². The van der Waals surface area contributed by atoms with E-state index in [9.17, 15) is 13.2 Å². The molecule has 1 N–H and O–H groups in total. The summed E-state index contributed by atoms with van der Waals surface area (Å²) < 4.78 is 46.5. The molecule has 0 radical (unpaired) electrons. The van der Waals surface area contributed by atoms with Crippen LogP contribution in [0.3, 0.4) is 0 Å². The van der Waals surface area contributed by atoms with Crippen molar-refractivity contribution in [3.05, 3.63) is 29.8 Å². The van der Waals surface area contributed by atoms with Crippen molar-refractivity contribution >= 4 is 0 Å². The van der Waals surface area contributed by atoms with Crippen LogP contribution in [-0.4, -0.2) is 30.6 Å². The maximum Gasteiger partial charge on any atom is 0.416 e. The lowest BCUT2D eigenvalue weighted by atomic mass is 10.2. The summed E-state index contributed by atoms with van der Waals surface area (Å²) in [6.07, 6.45) is -8.46. The van der Waals surface area contributed by atoms with Gasteiger partial charge in [-0.2, -0.15) is 13.2 Å². The average molecular weight is 264 g/mol. The van der Waals surface area contributed by atoms with Crippen LogP contribution in [0.4, 0.5) is 13.2 Å². The molecule has 0 aliphatic carbocycles. The van der Waals surface area contributed by atoms with Gasteiger partial charge >= 0.3 is 6.18 Å². The van der Waals surface area contributed by atoms with Gasteiger partial charge in [0.25, 0.3) is 0 Å². The Morgan fingerprint density at radius 1 is 1.22 bits per heavy atom. The molecule has 3 nitrogen and oxygen atoms in total. The first-order valence-corrected chi connectivity index (χ1v) is 5.34. The van der Waals surface area contributed by atoms with Gasteiger partial charge in [0.2, 0.25) is 0 Å². The second-order valence-electron chi connectivity index (χ2n) is 3.85. The summed E-state index contributed by atoms with van der Waals surface area (Å²) in [5, 5.41) is 8.94. The molecule has 0 aliphatic heterocycles. The molecule has 2 atom stereocenters. The van der Waals surface area contributed by atoms with Gasteiger partial charge in [-0.3, -0.25) is 0 Å². The number of alkyl halides is 3. The molecule has 1 aromatic rings. The van der Waals surface area contributed by atoms with Crippen LogP contribution < -0.4 is 4.74 Å². The van der Waals surface area contributed by atoms with E-state index in [1.165, 1.54) is 14.0 Å². The Bertz CT molecular complexity index is 362. The fourth-order valence-electron chi connectivity index (χ4n) is 1.31. The molecule has 0 spiro atoms. The van der Waals surface area contributed by atoms with Crippen LogP contribution in [0.25, 0.3) is 0 Å². The zero-order valence-corrected chi connectivity index (χ0v) is 10.1.